The quantitative estimate of drug-likeness (QED) is 0.613. The van der Waals surface area contributed by atoms with E-state index >= 15 is 0 Å². The number of thioether (sulfide) groups is 1. The first-order chi connectivity index (χ1) is 11.7. The second-order valence-electron chi connectivity index (χ2n) is 6.08. The first-order valence-electron chi connectivity index (χ1n) is 7.73. The van der Waals surface area contributed by atoms with E-state index in [0.29, 0.717) is 11.6 Å². The van der Waals surface area contributed by atoms with E-state index in [1.165, 1.54) is 23.4 Å². The Morgan fingerprint density at radius 2 is 1.84 bits per heavy atom. The van der Waals surface area contributed by atoms with Gasteiger partial charge >= 0.3 is 5.69 Å². The molecule has 0 bridgehead atoms. The van der Waals surface area contributed by atoms with Crippen molar-refractivity contribution in [2.75, 3.05) is 11.5 Å². The number of ketones is 1. The summed E-state index contributed by atoms with van der Waals surface area (Å²) in [7, 11) is 1.35. The highest BCUT2D eigenvalue weighted by molar-refractivity contribution is 8.00. The maximum absolute atomic E-state index is 12.6. The van der Waals surface area contributed by atoms with Crippen LogP contribution in [0.5, 0.6) is 0 Å². The number of hydrogen-bond donors (Lipinski definition) is 1. The number of hydrogen-bond acceptors (Lipinski definition) is 5. The van der Waals surface area contributed by atoms with E-state index in [2.05, 4.69) is 0 Å². The lowest BCUT2D eigenvalue weighted by atomic mass is 10.2. The maximum Gasteiger partial charge on any atom is 0.332 e. The molecule has 0 aliphatic rings. The van der Waals surface area contributed by atoms with Crippen LogP contribution >= 0.6 is 23.4 Å². The van der Waals surface area contributed by atoms with Crippen molar-refractivity contribution in [1.82, 2.24) is 9.13 Å². The third-order valence-electron chi connectivity index (χ3n) is 3.59. The number of halogens is 1. The van der Waals surface area contributed by atoms with E-state index in [4.69, 9.17) is 17.3 Å². The first kappa shape index (κ1) is 19.3. The molecule has 0 aliphatic heterocycles. The summed E-state index contributed by atoms with van der Waals surface area (Å²) < 4.78 is 2.21. The number of nitrogens with zero attached hydrogens (tertiary/aromatic N) is 2. The Bertz CT molecular complexity index is 901. The Morgan fingerprint density at radius 1 is 1.24 bits per heavy atom. The average Bonchev–Trinajstić information content (AvgIpc) is 2.56. The predicted molar refractivity (Wildman–Crippen MR) is 102 cm³/mol. The molecule has 0 amide bonds. The van der Waals surface area contributed by atoms with Crippen molar-refractivity contribution in [1.29, 1.82) is 0 Å². The molecular formula is C17H20ClN3O3S. The minimum absolute atomic E-state index is 0.0426. The topological polar surface area (TPSA) is 87.1 Å². The zero-order chi connectivity index (χ0) is 18.7. The normalized spacial score (nSPS) is 11.1. The van der Waals surface area contributed by atoms with Crippen LogP contribution in [0, 0.1) is 5.92 Å². The summed E-state index contributed by atoms with van der Waals surface area (Å²) in [4.78, 5) is 38.0. The van der Waals surface area contributed by atoms with Crippen molar-refractivity contribution in [2.45, 2.75) is 25.3 Å². The zero-order valence-electron chi connectivity index (χ0n) is 14.3. The van der Waals surface area contributed by atoms with Gasteiger partial charge in [0.05, 0.1) is 5.75 Å². The Morgan fingerprint density at radius 3 is 2.40 bits per heavy atom. The summed E-state index contributed by atoms with van der Waals surface area (Å²) in [6.45, 7) is 4.19. The van der Waals surface area contributed by atoms with Gasteiger partial charge in [-0.3, -0.25) is 18.7 Å². The molecule has 2 rings (SSSR count). The second kappa shape index (κ2) is 7.93. The van der Waals surface area contributed by atoms with Crippen LogP contribution in [0.1, 0.15) is 24.2 Å². The summed E-state index contributed by atoms with van der Waals surface area (Å²) in [6, 6.07) is 7.04. The van der Waals surface area contributed by atoms with Crippen molar-refractivity contribution in [3.63, 3.8) is 0 Å². The lowest BCUT2D eigenvalue weighted by Crippen LogP contribution is -2.43. The molecule has 0 unspecified atom stereocenters. The van der Waals surface area contributed by atoms with Gasteiger partial charge in [-0.2, -0.15) is 0 Å². The monoisotopic (exact) mass is 381 g/mol. The van der Waals surface area contributed by atoms with Gasteiger partial charge in [0.25, 0.3) is 5.56 Å². The molecular weight excluding hydrogens is 362 g/mol. The van der Waals surface area contributed by atoms with Crippen molar-refractivity contribution in [3.8, 4) is 0 Å². The molecule has 2 N–H and O–H groups in total. The summed E-state index contributed by atoms with van der Waals surface area (Å²) in [5, 5.41) is 0.606. The van der Waals surface area contributed by atoms with Gasteiger partial charge in [-0.25, -0.2) is 4.79 Å². The smallest absolute Gasteiger partial charge is 0.332 e. The number of nitrogens with two attached hydrogens (primary N) is 1. The molecule has 0 fully saturated rings. The highest BCUT2D eigenvalue weighted by Crippen LogP contribution is 2.21. The number of carbonyl (C=O) groups is 1. The Balaban J connectivity index is 2.35. The van der Waals surface area contributed by atoms with Crippen LogP contribution in [0.15, 0.2) is 38.8 Å². The predicted octanol–water partition coefficient (Wildman–Crippen LogP) is 2.41. The number of rotatable bonds is 6. The molecule has 2 aromatic rings. The molecule has 0 saturated carbocycles. The third kappa shape index (κ3) is 4.35. The molecule has 0 atom stereocenters. The van der Waals surface area contributed by atoms with Crippen LogP contribution in [0.4, 0.5) is 5.82 Å². The number of Topliss-reactive ketones (excluding diaryl/α,β-unsaturated/α-hetero) is 1. The third-order valence-corrected chi connectivity index (χ3v) is 4.86. The van der Waals surface area contributed by atoms with E-state index in [1.54, 1.807) is 24.3 Å². The molecule has 0 radical (unpaired) electrons. The van der Waals surface area contributed by atoms with Crippen LogP contribution in [0.2, 0.25) is 5.02 Å². The van der Waals surface area contributed by atoms with Gasteiger partial charge in [-0.1, -0.05) is 25.4 Å². The maximum atomic E-state index is 12.6. The number of carbonyl (C=O) groups excluding carboxylic acids is 1. The van der Waals surface area contributed by atoms with Crippen LogP contribution in [0.25, 0.3) is 0 Å². The molecule has 1 aromatic carbocycles. The van der Waals surface area contributed by atoms with Crippen LogP contribution in [0.3, 0.4) is 0 Å². The van der Waals surface area contributed by atoms with E-state index in [-0.39, 0.29) is 23.1 Å². The average molecular weight is 382 g/mol. The van der Waals surface area contributed by atoms with Gasteiger partial charge in [0, 0.05) is 23.5 Å². The summed E-state index contributed by atoms with van der Waals surface area (Å²) >= 11 is 7.11. The first-order valence-corrected chi connectivity index (χ1v) is 9.09. The van der Waals surface area contributed by atoms with E-state index in [0.717, 1.165) is 9.46 Å². The number of benzene rings is 1. The molecule has 1 heterocycles. The minimum atomic E-state index is -0.663. The number of aromatic nitrogens is 2. The molecule has 0 aliphatic carbocycles. The molecule has 25 heavy (non-hydrogen) atoms. The Labute approximate surface area is 154 Å². The number of nitrogen functional groups attached to an aromatic ring is 1. The molecule has 0 spiro atoms. The largest absolute Gasteiger partial charge is 0.384 e. The summed E-state index contributed by atoms with van der Waals surface area (Å²) in [5.41, 5.74) is 4.68. The fourth-order valence-corrected chi connectivity index (χ4v) is 3.24. The van der Waals surface area contributed by atoms with Gasteiger partial charge in [-0.05, 0) is 30.2 Å². The van der Waals surface area contributed by atoms with E-state index < -0.39 is 17.0 Å². The molecule has 6 nitrogen and oxygen atoms in total. The fraction of sp³-hybridized carbons (Fsp3) is 0.353. The second-order valence-corrected chi connectivity index (χ2v) is 7.56. The van der Waals surface area contributed by atoms with Crippen molar-refractivity contribution in [2.24, 2.45) is 13.0 Å². The van der Waals surface area contributed by atoms with E-state index in [1.807, 2.05) is 13.8 Å². The lowest BCUT2D eigenvalue weighted by molar-refractivity contribution is 0.102. The van der Waals surface area contributed by atoms with Gasteiger partial charge in [-0.15, -0.1) is 11.8 Å². The van der Waals surface area contributed by atoms with Crippen molar-refractivity contribution < 1.29 is 4.79 Å². The Kier molecular flexibility index (Phi) is 6.13. The standard InChI is InChI=1S/C17H20ClN3O3S/c1-10(2)8-21-15(19)14(16(23)20(3)17(21)24)13(22)9-25-12-6-4-11(18)5-7-12/h4-7,10H,8-9,19H2,1-3H3. The van der Waals surface area contributed by atoms with Gasteiger partial charge in [0.1, 0.15) is 11.4 Å². The van der Waals surface area contributed by atoms with Gasteiger partial charge < -0.3 is 5.73 Å². The molecule has 0 saturated heterocycles. The van der Waals surface area contributed by atoms with E-state index in [9.17, 15) is 14.4 Å². The Hall–Kier alpha value is -1.99. The van der Waals surface area contributed by atoms with Crippen LogP contribution in [-0.4, -0.2) is 20.7 Å². The van der Waals surface area contributed by atoms with Gasteiger partial charge in [0.2, 0.25) is 0 Å². The van der Waals surface area contributed by atoms with Crippen LogP contribution in [-0.2, 0) is 13.6 Å². The zero-order valence-corrected chi connectivity index (χ0v) is 15.9. The lowest BCUT2D eigenvalue weighted by Gasteiger charge is -2.16. The van der Waals surface area contributed by atoms with Crippen molar-refractivity contribution in [3.05, 3.63) is 55.7 Å². The van der Waals surface area contributed by atoms with Crippen molar-refractivity contribution >= 4 is 35.0 Å². The van der Waals surface area contributed by atoms with Gasteiger partial charge in [0.15, 0.2) is 5.78 Å². The highest BCUT2D eigenvalue weighted by atomic mass is 35.5. The number of anilines is 1. The fourth-order valence-electron chi connectivity index (χ4n) is 2.34. The summed E-state index contributed by atoms with van der Waals surface area (Å²) in [5.74, 6) is -0.288. The molecule has 8 heteroatoms. The SMILES string of the molecule is CC(C)Cn1c(N)c(C(=O)CSc2ccc(Cl)cc2)c(=O)n(C)c1=O. The summed E-state index contributed by atoms with van der Waals surface area (Å²) in [6.07, 6.45) is 0. The minimum Gasteiger partial charge on any atom is -0.384 e. The van der Waals surface area contributed by atoms with Crippen LogP contribution < -0.4 is 17.0 Å². The molecule has 134 valence electrons. The highest BCUT2D eigenvalue weighted by Gasteiger charge is 2.21. The molecule has 1 aromatic heterocycles.